The topological polar surface area (TPSA) is 39.9 Å². The second-order valence-corrected chi connectivity index (χ2v) is 6.18. The number of carbonyl (C=O) groups is 1. The maximum absolute atomic E-state index is 12.4. The van der Waals surface area contributed by atoms with Crippen LogP contribution in [0.5, 0.6) is 5.75 Å². The van der Waals surface area contributed by atoms with Crippen LogP contribution in [0.4, 0.5) is 0 Å². The lowest BCUT2D eigenvalue weighted by atomic mass is 9.88. The summed E-state index contributed by atoms with van der Waals surface area (Å²) in [5.74, 6) is 0.596. The van der Waals surface area contributed by atoms with Gasteiger partial charge in [0, 0.05) is 11.8 Å². The Kier molecular flexibility index (Phi) is 3.34. The number of nitrogens with zero attached hydrogens (tertiary/aromatic N) is 1. The molecule has 0 saturated heterocycles. The van der Waals surface area contributed by atoms with E-state index >= 15 is 0 Å². The largest absolute Gasteiger partial charge is 0.497 e. The third-order valence-corrected chi connectivity index (χ3v) is 4.80. The number of hydrogen-bond donors (Lipinski definition) is 0. The fraction of sp³-hybridized carbons (Fsp3) is 0.250. The quantitative estimate of drug-likeness (QED) is 0.674. The van der Waals surface area contributed by atoms with Crippen molar-refractivity contribution in [2.45, 2.75) is 19.8 Å². The Bertz CT molecular complexity index is 969. The van der Waals surface area contributed by atoms with Crippen molar-refractivity contribution in [3.63, 3.8) is 0 Å². The molecule has 2 heterocycles. The van der Waals surface area contributed by atoms with Crippen molar-refractivity contribution < 1.29 is 14.3 Å². The van der Waals surface area contributed by atoms with Gasteiger partial charge in [0.1, 0.15) is 5.75 Å². The van der Waals surface area contributed by atoms with E-state index in [4.69, 9.17) is 9.47 Å². The third kappa shape index (κ3) is 2.03. The summed E-state index contributed by atoms with van der Waals surface area (Å²) in [6.45, 7) is 2.03. The van der Waals surface area contributed by atoms with Gasteiger partial charge in [-0.3, -0.25) is 0 Å². The average Bonchev–Trinajstić information content (AvgIpc) is 2.94. The number of ether oxygens (including phenoxy) is 2. The Morgan fingerprint density at radius 1 is 1.12 bits per heavy atom. The van der Waals surface area contributed by atoms with E-state index in [0.717, 1.165) is 46.5 Å². The highest BCUT2D eigenvalue weighted by Crippen LogP contribution is 2.40. The lowest BCUT2D eigenvalue weighted by molar-refractivity contribution is 0.0602. The number of aromatic nitrogens is 1. The number of pyridine rings is 1. The van der Waals surface area contributed by atoms with Crippen LogP contribution in [0.15, 0.2) is 36.5 Å². The van der Waals surface area contributed by atoms with E-state index in [2.05, 4.69) is 22.6 Å². The van der Waals surface area contributed by atoms with Crippen LogP contribution in [0.2, 0.25) is 0 Å². The fourth-order valence-electron chi connectivity index (χ4n) is 3.67. The number of rotatable bonds is 2. The van der Waals surface area contributed by atoms with Gasteiger partial charge in [-0.05, 0) is 66.8 Å². The van der Waals surface area contributed by atoms with Crippen LogP contribution in [0.25, 0.3) is 16.8 Å². The first kappa shape index (κ1) is 14.8. The van der Waals surface area contributed by atoms with Crippen LogP contribution in [-0.2, 0) is 17.6 Å². The van der Waals surface area contributed by atoms with Crippen LogP contribution < -0.4 is 4.74 Å². The molecule has 0 N–H and O–H groups in total. The summed E-state index contributed by atoms with van der Waals surface area (Å²) in [5.41, 5.74) is 7.30. The van der Waals surface area contributed by atoms with E-state index in [1.165, 1.54) is 12.7 Å². The molecule has 3 aromatic rings. The molecule has 0 atom stereocenters. The number of fused-ring (bicyclic) bond motifs is 5. The molecule has 0 spiro atoms. The van der Waals surface area contributed by atoms with Crippen LogP contribution in [0.3, 0.4) is 0 Å². The fourth-order valence-corrected chi connectivity index (χ4v) is 3.67. The van der Waals surface area contributed by atoms with Crippen molar-refractivity contribution in [2.24, 2.45) is 0 Å². The third-order valence-electron chi connectivity index (χ3n) is 4.80. The number of carbonyl (C=O) groups excluding carboxylic acids is 1. The summed E-state index contributed by atoms with van der Waals surface area (Å²) in [6.07, 6.45) is 3.75. The molecule has 0 aliphatic heterocycles. The molecule has 4 heteroatoms. The molecule has 1 aromatic carbocycles. The van der Waals surface area contributed by atoms with Crippen molar-refractivity contribution in [3.05, 3.63) is 58.8 Å². The summed E-state index contributed by atoms with van der Waals surface area (Å²) >= 11 is 0. The zero-order chi connectivity index (χ0) is 16.8. The van der Waals surface area contributed by atoms with Gasteiger partial charge in [0.25, 0.3) is 0 Å². The molecule has 0 unspecified atom stereocenters. The van der Waals surface area contributed by atoms with Crippen LogP contribution >= 0.6 is 0 Å². The van der Waals surface area contributed by atoms with Crippen molar-refractivity contribution >= 4 is 11.5 Å². The summed E-state index contributed by atoms with van der Waals surface area (Å²) in [5, 5.41) is 0. The second-order valence-electron chi connectivity index (χ2n) is 6.18. The Balaban J connectivity index is 2.07. The molecule has 4 nitrogen and oxygen atoms in total. The Morgan fingerprint density at radius 2 is 1.96 bits per heavy atom. The molecular formula is C20H19NO3. The molecule has 24 heavy (non-hydrogen) atoms. The molecular weight excluding hydrogens is 302 g/mol. The van der Waals surface area contributed by atoms with E-state index in [1.807, 2.05) is 25.3 Å². The highest BCUT2D eigenvalue weighted by Gasteiger charge is 2.28. The van der Waals surface area contributed by atoms with Crippen molar-refractivity contribution in [1.29, 1.82) is 0 Å². The van der Waals surface area contributed by atoms with Crippen LogP contribution in [-0.4, -0.2) is 24.6 Å². The Hall–Kier alpha value is -2.75. The summed E-state index contributed by atoms with van der Waals surface area (Å²) in [7, 11) is 3.12. The molecule has 0 saturated carbocycles. The normalized spacial score (nSPS) is 12.6. The maximum Gasteiger partial charge on any atom is 0.340 e. The predicted molar refractivity (Wildman–Crippen MR) is 92.9 cm³/mol. The number of methoxy groups -OCH3 is 2. The lowest BCUT2D eigenvalue weighted by Crippen LogP contribution is -2.09. The lowest BCUT2D eigenvalue weighted by Gasteiger charge is -2.19. The van der Waals surface area contributed by atoms with Gasteiger partial charge in [-0.25, -0.2) is 4.79 Å². The van der Waals surface area contributed by atoms with Gasteiger partial charge in [-0.15, -0.1) is 0 Å². The predicted octanol–water partition coefficient (Wildman–Crippen LogP) is 3.81. The van der Waals surface area contributed by atoms with Crippen molar-refractivity contribution in [3.8, 4) is 17.0 Å². The zero-order valence-electron chi connectivity index (χ0n) is 14.1. The molecule has 4 rings (SSSR count). The van der Waals surface area contributed by atoms with Gasteiger partial charge in [-0.1, -0.05) is 0 Å². The molecule has 0 fully saturated rings. The molecule has 0 radical (unpaired) electrons. The first-order chi connectivity index (χ1) is 11.6. The number of esters is 1. The minimum absolute atomic E-state index is 0.267. The molecule has 122 valence electrons. The molecule has 1 aliphatic carbocycles. The number of aryl methyl sites for hydroxylation is 2. The maximum atomic E-state index is 12.4. The summed E-state index contributed by atoms with van der Waals surface area (Å²) in [6, 6.07) is 10.3. The molecule has 0 amide bonds. The number of hydrogen-bond acceptors (Lipinski definition) is 3. The molecule has 2 aromatic heterocycles. The summed E-state index contributed by atoms with van der Waals surface area (Å²) in [4.78, 5) is 12.4. The van der Waals surface area contributed by atoms with E-state index < -0.39 is 0 Å². The van der Waals surface area contributed by atoms with Gasteiger partial charge < -0.3 is 13.9 Å². The SMILES string of the molecule is COC(=O)c1c2c(n3ccc(C)cc13)-c1ccc(OC)cc1CC2. The van der Waals surface area contributed by atoms with E-state index in [9.17, 15) is 4.79 Å². The summed E-state index contributed by atoms with van der Waals surface area (Å²) < 4.78 is 12.5. The van der Waals surface area contributed by atoms with Gasteiger partial charge >= 0.3 is 5.97 Å². The Morgan fingerprint density at radius 3 is 2.71 bits per heavy atom. The standard InChI is InChI=1S/C20H19NO3/c1-12-8-9-21-17(10-12)18(20(22)24-3)16-6-4-13-11-14(23-2)5-7-15(13)19(16)21/h5,7-11H,4,6H2,1-3H3. The van der Waals surface area contributed by atoms with E-state index in [0.29, 0.717) is 5.56 Å². The van der Waals surface area contributed by atoms with Crippen molar-refractivity contribution in [1.82, 2.24) is 4.40 Å². The van der Waals surface area contributed by atoms with E-state index in [1.54, 1.807) is 7.11 Å². The average molecular weight is 321 g/mol. The second kappa shape index (κ2) is 5.41. The highest BCUT2D eigenvalue weighted by atomic mass is 16.5. The molecule has 1 aliphatic rings. The monoisotopic (exact) mass is 321 g/mol. The smallest absolute Gasteiger partial charge is 0.340 e. The van der Waals surface area contributed by atoms with Gasteiger partial charge in [0.2, 0.25) is 0 Å². The van der Waals surface area contributed by atoms with Gasteiger partial charge in [-0.2, -0.15) is 0 Å². The minimum atomic E-state index is -0.267. The van der Waals surface area contributed by atoms with E-state index in [-0.39, 0.29) is 5.97 Å². The first-order valence-electron chi connectivity index (χ1n) is 8.03. The minimum Gasteiger partial charge on any atom is -0.497 e. The van der Waals surface area contributed by atoms with Gasteiger partial charge in [0.05, 0.1) is 31.0 Å². The molecule has 0 bridgehead atoms. The number of benzene rings is 1. The van der Waals surface area contributed by atoms with Crippen LogP contribution in [0.1, 0.15) is 27.0 Å². The van der Waals surface area contributed by atoms with Gasteiger partial charge in [0.15, 0.2) is 0 Å². The first-order valence-corrected chi connectivity index (χ1v) is 8.03. The zero-order valence-corrected chi connectivity index (χ0v) is 14.1. The Labute approximate surface area is 140 Å². The highest BCUT2D eigenvalue weighted by molar-refractivity contribution is 6.02. The van der Waals surface area contributed by atoms with Crippen molar-refractivity contribution in [2.75, 3.05) is 14.2 Å². The van der Waals surface area contributed by atoms with Crippen LogP contribution in [0, 0.1) is 6.92 Å².